The maximum Gasteiger partial charge on any atom is -0.00195 e. The van der Waals surface area contributed by atoms with Crippen molar-refractivity contribution in [3.8, 4) is 11.1 Å². The fourth-order valence-corrected chi connectivity index (χ4v) is 3.86. The molecule has 0 N–H and O–H groups in total. The first-order valence-electron chi connectivity index (χ1n) is 9.97. The maximum atomic E-state index is 2.40. The summed E-state index contributed by atoms with van der Waals surface area (Å²) in [5.74, 6) is 0. The molecule has 0 aliphatic heterocycles. The second kappa shape index (κ2) is 8.27. The summed E-state index contributed by atoms with van der Waals surface area (Å²) in [6, 6.07) is 35.1. The Bertz CT molecular complexity index is 1060. The Balaban J connectivity index is 1.77. The number of hydrogen-bond acceptors (Lipinski definition) is 0. The molecule has 0 fully saturated rings. The van der Waals surface area contributed by atoms with Gasteiger partial charge < -0.3 is 0 Å². The zero-order valence-electron chi connectivity index (χ0n) is 16.7. The topological polar surface area (TPSA) is 0 Å². The van der Waals surface area contributed by atoms with Gasteiger partial charge in [-0.25, -0.2) is 0 Å². The number of rotatable bonds is 5. The monoisotopic (exact) mass is 362 g/mol. The molecule has 0 aliphatic rings. The average Bonchev–Trinajstić information content (AvgIpc) is 2.72. The first kappa shape index (κ1) is 18.3. The normalized spacial score (nSPS) is 10.8. The van der Waals surface area contributed by atoms with Crippen molar-refractivity contribution in [1.82, 2.24) is 0 Å². The summed E-state index contributed by atoms with van der Waals surface area (Å²) in [7, 11) is 0. The van der Waals surface area contributed by atoms with Gasteiger partial charge in [-0.05, 0) is 71.2 Å². The third kappa shape index (κ3) is 4.07. The van der Waals surface area contributed by atoms with Gasteiger partial charge in [0, 0.05) is 0 Å². The van der Waals surface area contributed by atoms with Gasteiger partial charge >= 0.3 is 0 Å². The molecule has 4 aromatic carbocycles. The van der Waals surface area contributed by atoms with Crippen molar-refractivity contribution in [2.24, 2.45) is 0 Å². The molecule has 138 valence electrons. The van der Waals surface area contributed by atoms with Crippen LogP contribution in [0.1, 0.15) is 33.4 Å². The highest BCUT2D eigenvalue weighted by molar-refractivity contribution is 5.72. The van der Waals surface area contributed by atoms with Crippen LogP contribution in [0.5, 0.6) is 0 Å². The van der Waals surface area contributed by atoms with Crippen molar-refractivity contribution in [2.45, 2.75) is 26.7 Å². The highest BCUT2D eigenvalue weighted by atomic mass is 14.2. The molecule has 0 radical (unpaired) electrons. The van der Waals surface area contributed by atoms with Crippen LogP contribution in [-0.2, 0) is 12.8 Å². The summed E-state index contributed by atoms with van der Waals surface area (Å²) in [6.07, 6.45) is 1.92. The molecular weight excluding hydrogens is 336 g/mol. The predicted octanol–water partition coefficient (Wildman–Crippen LogP) is 7.15. The second-order valence-corrected chi connectivity index (χ2v) is 7.56. The van der Waals surface area contributed by atoms with Crippen molar-refractivity contribution in [1.29, 1.82) is 0 Å². The molecule has 0 heterocycles. The van der Waals surface area contributed by atoms with Crippen LogP contribution >= 0.6 is 0 Å². The molecule has 0 bridgehead atoms. The molecule has 0 spiro atoms. The smallest absolute Gasteiger partial charge is 0.00195 e. The SMILES string of the molecule is Cc1cccc(-c2ccc(Cc3ccccc3)cc2Cc2ccccc2)c1C. The minimum Gasteiger partial charge on any atom is -0.0622 e. The van der Waals surface area contributed by atoms with Crippen LogP contribution in [0.15, 0.2) is 97.1 Å². The summed E-state index contributed by atoms with van der Waals surface area (Å²) in [5, 5.41) is 0. The zero-order valence-corrected chi connectivity index (χ0v) is 16.7. The van der Waals surface area contributed by atoms with E-state index in [0.29, 0.717) is 0 Å². The Morgan fingerprint density at radius 1 is 0.500 bits per heavy atom. The van der Waals surface area contributed by atoms with Crippen LogP contribution in [0.3, 0.4) is 0 Å². The lowest BCUT2D eigenvalue weighted by Crippen LogP contribution is -1.98. The van der Waals surface area contributed by atoms with E-state index in [-0.39, 0.29) is 0 Å². The molecule has 0 heteroatoms. The third-order valence-electron chi connectivity index (χ3n) is 5.55. The standard InChI is InChI=1S/C28H26/c1-21-10-9-15-27(22(21)2)28-17-16-25(18-23-11-5-3-6-12-23)20-26(28)19-24-13-7-4-8-14-24/h3-17,20H,18-19H2,1-2H3. The van der Waals surface area contributed by atoms with Crippen molar-refractivity contribution in [3.05, 3.63) is 130 Å². The van der Waals surface area contributed by atoms with Gasteiger partial charge in [-0.1, -0.05) is 97.1 Å². The Labute approximate surface area is 168 Å². The highest BCUT2D eigenvalue weighted by Crippen LogP contribution is 2.31. The fraction of sp³-hybridized carbons (Fsp3) is 0.143. The average molecular weight is 363 g/mol. The summed E-state index contributed by atoms with van der Waals surface area (Å²) in [5.41, 5.74) is 10.9. The van der Waals surface area contributed by atoms with Crippen LogP contribution in [0.25, 0.3) is 11.1 Å². The molecule has 0 aliphatic carbocycles. The van der Waals surface area contributed by atoms with Gasteiger partial charge in [0.2, 0.25) is 0 Å². The molecule has 28 heavy (non-hydrogen) atoms. The lowest BCUT2D eigenvalue weighted by Gasteiger charge is -2.16. The molecule has 0 nitrogen and oxygen atoms in total. The Kier molecular flexibility index (Phi) is 5.39. The molecule has 0 unspecified atom stereocenters. The molecule has 0 saturated heterocycles. The summed E-state index contributed by atoms with van der Waals surface area (Å²) in [4.78, 5) is 0. The largest absolute Gasteiger partial charge is 0.0622 e. The van der Waals surface area contributed by atoms with Gasteiger partial charge in [0.25, 0.3) is 0 Å². The van der Waals surface area contributed by atoms with E-state index in [9.17, 15) is 0 Å². The molecule has 0 amide bonds. The van der Waals surface area contributed by atoms with E-state index in [1.54, 1.807) is 0 Å². The summed E-state index contributed by atoms with van der Waals surface area (Å²) >= 11 is 0. The number of hydrogen-bond donors (Lipinski definition) is 0. The molecule has 4 rings (SSSR count). The quantitative estimate of drug-likeness (QED) is 0.353. The van der Waals surface area contributed by atoms with Crippen LogP contribution < -0.4 is 0 Å². The van der Waals surface area contributed by atoms with Crippen molar-refractivity contribution in [3.63, 3.8) is 0 Å². The van der Waals surface area contributed by atoms with E-state index in [1.807, 2.05) is 0 Å². The number of aryl methyl sites for hydroxylation is 1. The van der Waals surface area contributed by atoms with Crippen LogP contribution in [0, 0.1) is 13.8 Å². The maximum absolute atomic E-state index is 2.40. The second-order valence-electron chi connectivity index (χ2n) is 7.56. The first-order valence-corrected chi connectivity index (χ1v) is 9.97. The van der Waals surface area contributed by atoms with Crippen LogP contribution in [0.2, 0.25) is 0 Å². The molecule has 0 saturated carbocycles. The third-order valence-corrected chi connectivity index (χ3v) is 5.55. The van der Waals surface area contributed by atoms with Crippen molar-refractivity contribution < 1.29 is 0 Å². The first-order chi connectivity index (χ1) is 13.7. The summed E-state index contributed by atoms with van der Waals surface area (Å²) < 4.78 is 0. The Morgan fingerprint density at radius 3 is 1.82 bits per heavy atom. The minimum absolute atomic E-state index is 0.951. The zero-order chi connectivity index (χ0) is 19.3. The predicted molar refractivity (Wildman–Crippen MR) is 120 cm³/mol. The van der Waals surface area contributed by atoms with E-state index < -0.39 is 0 Å². The highest BCUT2D eigenvalue weighted by Gasteiger charge is 2.11. The molecule has 0 atom stereocenters. The van der Waals surface area contributed by atoms with E-state index in [2.05, 4.69) is 111 Å². The molecule has 0 aromatic heterocycles. The Morgan fingerprint density at radius 2 is 1.14 bits per heavy atom. The van der Waals surface area contributed by atoms with E-state index in [1.165, 1.54) is 44.5 Å². The van der Waals surface area contributed by atoms with Gasteiger partial charge in [-0.3, -0.25) is 0 Å². The molecule has 4 aromatic rings. The van der Waals surface area contributed by atoms with Gasteiger partial charge in [0.05, 0.1) is 0 Å². The lowest BCUT2D eigenvalue weighted by molar-refractivity contribution is 1.14. The van der Waals surface area contributed by atoms with Crippen LogP contribution in [-0.4, -0.2) is 0 Å². The molecular formula is C28H26. The van der Waals surface area contributed by atoms with E-state index in [4.69, 9.17) is 0 Å². The van der Waals surface area contributed by atoms with E-state index in [0.717, 1.165) is 12.8 Å². The fourth-order valence-electron chi connectivity index (χ4n) is 3.86. The summed E-state index contributed by atoms with van der Waals surface area (Å²) in [6.45, 7) is 4.42. The minimum atomic E-state index is 0.951. The van der Waals surface area contributed by atoms with Crippen molar-refractivity contribution in [2.75, 3.05) is 0 Å². The Hall–Kier alpha value is -3.12. The lowest BCUT2D eigenvalue weighted by atomic mass is 9.89. The van der Waals surface area contributed by atoms with E-state index >= 15 is 0 Å². The van der Waals surface area contributed by atoms with Gasteiger partial charge in [0.15, 0.2) is 0 Å². The van der Waals surface area contributed by atoms with Crippen LogP contribution in [0.4, 0.5) is 0 Å². The van der Waals surface area contributed by atoms with Gasteiger partial charge in [0.1, 0.15) is 0 Å². The van der Waals surface area contributed by atoms with Gasteiger partial charge in [-0.2, -0.15) is 0 Å². The van der Waals surface area contributed by atoms with Crippen molar-refractivity contribution >= 4 is 0 Å². The number of benzene rings is 4. The van der Waals surface area contributed by atoms with Gasteiger partial charge in [-0.15, -0.1) is 0 Å².